The maximum Gasteiger partial charge on any atom is 0.176 e. The summed E-state index contributed by atoms with van der Waals surface area (Å²) in [6.07, 6.45) is 0.764. The fourth-order valence-corrected chi connectivity index (χ4v) is 1.26. The summed E-state index contributed by atoms with van der Waals surface area (Å²) < 4.78 is 0. The number of carbonyl (C=O) groups is 1. The van der Waals surface area contributed by atoms with E-state index in [0.29, 0.717) is 5.56 Å². The molecule has 0 aliphatic heterocycles. The number of benzene rings is 1. The number of phenols is 1. The molecule has 1 N–H and O–H groups in total. The number of Topliss-reactive ketones (excluding diaryl/α,β-unsaturated/α-hetero) is 1. The zero-order chi connectivity index (χ0) is 9.84. The number of hydrogen-bond acceptors (Lipinski definition) is 2. The number of halogens is 1. The minimum absolute atomic E-state index is 0.0579. The van der Waals surface area contributed by atoms with Crippen molar-refractivity contribution in [2.24, 2.45) is 0 Å². The first-order valence-corrected chi connectivity index (χ1v) is 5.04. The average Bonchev–Trinajstić information content (AvgIpc) is 2.17. The van der Waals surface area contributed by atoms with Crippen LogP contribution in [0.3, 0.4) is 0 Å². The predicted octanol–water partition coefficient (Wildman–Crippen LogP) is 2.75. The van der Waals surface area contributed by atoms with Crippen LogP contribution in [0, 0.1) is 0 Å². The molecule has 0 spiro atoms. The molecule has 0 aliphatic carbocycles. The number of phenolic OH excluding ortho intramolecular Hbond substituents is 1. The van der Waals surface area contributed by atoms with Crippen molar-refractivity contribution >= 4 is 21.7 Å². The highest BCUT2D eigenvalue weighted by atomic mass is 79.9. The normalized spacial score (nSPS) is 12.5. The van der Waals surface area contributed by atoms with E-state index in [9.17, 15) is 4.79 Å². The van der Waals surface area contributed by atoms with Gasteiger partial charge < -0.3 is 5.11 Å². The lowest BCUT2D eigenvalue weighted by molar-refractivity contribution is 0.0990. The van der Waals surface area contributed by atoms with Crippen LogP contribution >= 0.6 is 15.9 Å². The zero-order valence-corrected chi connectivity index (χ0v) is 8.91. The van der Waals surface area contributed by atoms with Gasteiger partial charge in [-0.05, 0) is 30.7 Å². The lowest BCUT2D eigenvalue weighted by atomic mass is 10.1. The van der Waals surface area contributed by atoms with E-state index in [-0.39, 0.29) is 16.4 Å². The number of rotatable bonds is 3. The van der Waals surface area contributed by atoms with E-state index in [4.69, 9.17) is 5.11 Å². The lowest BCUT2D eigenvalue weighted by Gasteiger charge is -2.05. The zero-order valence-electron chi connectivity index (χ0n) is 7.33. The SMILES string of the molecule is CCC(Br)C(=O)c1ccc(O)cc1. The molecule has 3 heteroatoms. The minimum atomic E-state index is -0.128. The van der Waals surface area contributed by atoms with Gasteiger partial charge in [0.15, 0.2) is 5.78 Å². The Bertz CT molecular complexity index is 292. The highest BCUT2D eigenvalue weighted by Crippen LogP contribution is 2.15. The van der Waals surface area contributed by atoms with Gasteiger partial charge in [0.2, 0.25) is 0 Å². The smallest absolute Gasteiger partial charge is 0.176 e. The second kappa shape index (κ2) is 4.42. The van der Waals surface area contributed by atoms with Crippen LogP contribution in [0.4, 0.5) is 0 Å². The summed E-state index contributed by atoms with van der Waals surface area (Å²) in [5, 5.41) is 9.01. The molecule has 70 valence electrons. The average molecular weight is 243 g/mol. The molecule has 0 fully saturated rings. The summed E-state index contributed by atoms with van der Waals surface area (Å²) in [7, 11) is 0. The second-order valence-electron chi connectivity index (χ2n) is 2.79. The first-order valence-electron chi connectivity index (χ1n) is 4.12. The third-order valence-electron chi connectivity index (χ3n) is 1.79. The molecular formula is C10H11BrO2. The number of alkyl halides is 1. The summed E-state index contributed by atoms with van der Waals surface area (Å²) in [5.74, 6) is 0.238. The van der Waals surface area contributed by atoms with Crippen LogP contribution in [0.1, 0.15) is 23.7 Å². The molecule has 0 bridgehead atoms. The third-order valence-corrected chi connectivity index (χ3v) is 2.86. The van der Waals surface area contributed by atoms with Crippen molar-refractivity contribution in [2.45, 2.75) is 18.2 Å². The Hall–Kier alpha value is -0.830. The van der Waals surface area contributed by atoms with Crippen LogP contribution in [0.15, 0.2) is 24.3 Å². The van der Waals surface area contributed by atoms with Crippen LogP contribution in [0.25, 0.3) is 0 Å². The van der Waals surface area contributed by atoms with E-state index in [2.05, 4.69) is 15.9 Å². The van der Waals surface area contributed by atoms with Crippen molar-refractivity contribution in [1.82, 2.24) is 0 Å². The van der Waals surface area contributed by atoms with Crippen LogP contribution in [0.2, 0.25) is 0 Å². The van der Waals surface area contributed by atoms with Gasteiger partial charge in [0, 0.05) is 5.56 Å². The van der Waals surface area contributed by atoms with Crippen LogP contribution < -0.4 is 0 Å². The first-order chi connectivity index (χ1) is 6.15. The molecule has 0 aromatic heterocycles. The van der Waals surface area contributed by atoms with Gasteiger partial charge in [0.25, 0.3) is 0 Å². The van der Waals surface area contributed by atoms with Crippen molar-refractivity contribution in [3.63, 3.8) is 0 Å². The lowest BCUT2D eigenvalue weighted by Crippen LogP contribution is -2.12. The van der Waals surface area contributed by atoms with Gasteiger partial charge in [-0.3, -0.25) is 4.79 Å². The molecule has 0 radical (unpaired) electrons. The molecule has 0 saturated heterocycles. The first kappa shape index (κ1) is 10.3. The number of ketones is 1. The molecular weight excluding hydrogens is 232 g/mol. The van der Waals surface area contributed by atoms with Gasteiger partial charge in [-0.25, -0.2) is 0 Å². The molecule has 1 rings (SSSR count). The van der Waals surface area contributed by atoms with Gasteiger partial charge in [0.05, 0.1) is 4.83 Å². The maximum absolute atomic E-state index is 11.6. The van der Waals surface area contributed by atoms with Crippen molar-refractivity contribution in [3.05, 3.63) is 29.8 Å². The predicted molar refractivity (Wildman–Crippen MR) is 55.4 cm³/mol. The quantitative estimate of drug-likeness (QED) is 0.654. The van der Waals surface area contributed by atoms with E-state index < -0.39 is 0 Å². The van der Waals surface area contributed by atoms with Crippen molar-refractivity contribution in [2.75, 3.05) is 0 Å². The minimum Gasteiger partial charge on any atom is -0.508 e. The Labute approximate surface area is 85.7 Å². The molecule has 0 saturated carbocycles. The van der Waals surface area contributed by atoms with E-state index >= 15 is 0 Å². The molecule has 1 atom stereocenters. The molecule has 1 aromatic carbocycles. The molecule has 0 aliphatic rings. The molecule has 1 unspecified atom stereocenters. The monoisotopic (exact) mass is 242 g/mol. The van der Waals surface area contributed by atoms with Crippen LogP contribution in [-0.2, 0) is 0 Å². The van der Waals surface area contributed by atoms with Gasteiger partial charge in [-0.2, -0.15) is 0 Å². The molecule has 1 aromatic rings. The topological polar surface area (TPSA) is 37.3 Å². The summed E-state index contributed by atoms with van der Waals surface area (Å²) >= 11 is 3.29. The Balaban J connectivity index is 2.83. The largest absolute Gasteiger partial charge is 0.508 e. The van der Waals surface area contributed by atoms with Crippen LogP contribution in [-0.4, -0.2) is 15.7 Å². The fourth-order valence-electron chi connectivity index (χ4n) is 0.992. The Kier molecular flexibility index (Phi) is 3.48. The third kappa shape index (κ3) is 2.56. The van der Waals surface area contributed by atoms with E-state index in [1.165, 1.54) is 12.1 Å². The molecule has 0 heterocycles. The van der Waals surface area contributed by atoms with Crippen molar-refractivity contribution < 1.29 is 9.90 Å². The molecule has 2 nitrogen and oxygen atoms in total. The molecule has 13 heavy (non-hydrogen) atoms. The second-order valence-corrected chi connectivity index (χ2v) is 3.89. The van der Waals surface area contributed by atoms with Gasteiger partial charge in [-0.15, -0.1) is 0 Å². The highest BCUT2D eigenvalue weighted by molar-refractivity contribution is 9.10. The summed E-state index contributed by atoms with van der Waals surface area (Å²) in [6.45, 7) is 1.94. The number of carbonyl (C=O) groups excluding carboxylic acids is 1. The maximum atomic E-state index is 11.6. The van der Waals surface area contributed by atoms with Crippen molar-refractivity contribution in [3.8, 4) is 5.75 Å². The van der Waals surface area contributed by atoms with Crippen LogP contribution in [0.5, 0.6) is 5.75 Å². The Morgan fingerprint density at radius 1 is 1.46 bits per heavy atom. The number of hydrogen-bond donors (Lipinski definition) is 1. The Morgan fingerprint density at radius 2 is 2.00 bits per heavy atom. The molecule has 0 amide bonds. The van der Waals surface area contributed by atoms with E-state index in [1.807, 2.05) is 6.92 Å². The summed E-state index contributed by atoms with van der Waals surface area (Å²) in [5.41, 5.74) is 0.626. The summed E-state index contributed by atoms with van der Waals surface area (Å²) in [6, 6.07) is 6.29. The highest BCUT2D eigenvalue weighted by Gasteiger charge is 2.14. The van der Waals surface area contributed by atoms with Gasteiger partial charge >= 0.3 is 0 Å². The fraction of sp³-hybridized carbons (Fsp3) is 0.300. The summed E-state index contributed by atoms with van der Waals surface area (Å²) in [4.78, 5) is 11.4. The standard InChI is InChI=1S/C10H11BrO2/c1-2-9(11)10(13)7-3-5-8(12)6-4-7/h3-6,9,12H,2H2,1H3. The van der Waals surface area contributed by atoms with Crippen molar-refractivity contribution in [1.29, 1.82) is 0 Å². The van der Waals surface area contributed by atoms with Gasteiger partial charge in [0.1, 0.15) is 5.75 Å². The van der Waals surface area contributed by atoms with E-state index in [1.54, 1.807) is 12.1 Å². The Morgan fingerprint density at radius 3 is 2.46 bits per heavy atom. The van der Waals surface area contributed by atoms with E-state index in [0.717, 1.165) is 6.42 Å². The number of aromatic hydroxyl groups is 1. The van der Waals surface area contributed by atoms with Gasteiger partial charge in [-0.1, -0.05) is 22.9 Å².